The minimum Gasteiger partial charge on any atom is -0.477 e. The third-order valence-electron chi connectivity index (χ3n) is 4.60. The van der Waals surface area contributed by atoms with Crippen LogP contribution in [-0.2, 0) is 4.74 Å². The summed E-state index contributed by atoms with van der Waals surface area (Å²) in [6.45, 7) is 2.62. The number of morpholine rings is 1. The van der Waals surface area contributed by atoms with Gasteiger partial charge in [0.1, 0.15) is 17.3 Å². The van der Waals surface area contributed by atoms with Gasteiger partial charge in [-0.2, -0.15) is 0 Å². The molecule has 0 unspecified atom stereocenters. The largest absolute Gasteiger partial charge is 0.477 e. The molecule has 0 amide bonds. The number of carboxylic acid groups (broad SMARTS) is 1. The Morgan fingerprint density at radius 3 is 2.24 bits per heavy atom. The van der Waals surface area contributed by atoms with Crippen molar-refractivity contribution in [1.82, 2.24) is 4.98 Å². The smallest absolute Gasteiger partial charge is 0.354 e. The molecule has 0 bridgehead atoms. The number of pyridine rings is 1. The number of aromatic nitrogens is 1. The maximum atomic E-state index is 13.0. The summed E-state index contributed by atoms with van der Waals surface area (Å²) >= 11 is 0. The SMILES string of the molecule is O=C(O)c1cc(N2CCOCC2)cc(-c2ccc(Oc3ccc(F)cc3)cc2)n1. The third kappa shape index (κ3) is 4.52. The lowest BCUT2D eigenvalue weighted by molar-refractivity contribution is 0.0690. The van der Waals surface area contributed by atoms with E-state index >= 15 is 0 Å². The van der Waals surface area contributed by atoms with Gasteiger partial charge in [-0.25, -0.2) is 14.2 Å². The van der Waals surface area contributed by atoms with Gasteiger partial charge in [0.05, 0.1) is 18.9 Å². The molecule has 6 nitrogen and oxygen atoms in total. The standard InChI is InChI=1S/C22H19FN2O4/c23-16-3-7-19(8-4-16)29-18-5-1-15(2-6-18)20-13-17(14-21(24-20)22(26)27)25-9-11-28-12-10-25/h1-8,13-14H,9-12H2,(H,26,27). The summed E-state index contributed by atoms with van der Waals surface area (Å²) in [4.78, 5) is 17.9. The van der Waals surface area contributed by atoms with Crippen LogP contribution in [-0.4, -0.2) is 42.4 Å². The second-order valence-electron chi connectivity index (χ2n) is 6.58. The van der Waals surface area contributed by atoms with Crippen LogP contribution in [0.2, 0.25) is 0 Å². The van der Waals surface area contributed by atoms with E-state index in [4.69, 9.17) is 9.47 Å². The molecule has 1 aromatic heterocycles. The third-order valence-corrected chi connectivity index (χ3v) is 4.60. The average molecular weight is 394 g/mol. The molecule has 0 saturated carbocycles. The zero-order valence-corrected chi connectivity index (χ0v) is 15.5. The summed E-state index contributed by atoms with van der Waals surface area (Å²) in [6, 6.07) is 16.4. The Bertz CT molecular complexity index is 1000. The number of benzene rings is 2. The number of carboxylic acids is 1. The van der Waals surface area contributed by atoms with Crippen molar-refractivity contribution in [2.24, 2.45) is 0 Å². The summed E-state index contributed by atoms with van der Waals surface area (Å²) in [5.74, 6) is -0.284. The van der Waals surface area contributed by atoms with Crippen molar-refractivity contribution in [2.45, 2.75) is 0 Å². The number of rotatable bonds is 5. The molecule has 2 heterocycles. The molecule has 1 saturated heterocycles. The number of hydrogen-bond acceptors (Lipinski definition) is 5. The number of carbonyl (C=O) groups is 1. The van der Waals surface area contributed by atoms with Crippen molar-refractivity contribution in [2.75, 3.05) is 31.2 Å². The van der Waals surface area contributed by atoms with E-state index in [1.54, 1.807) is 30.3 Å². The van der Waals surface area contributed by atoms with Crippen molar-refractivity contribution < 1.29 is 23.8 Å². The number of anilines is 1. The van der Waals surface area contributed by atoms with Gasteiger partial charge in [-0.15, -0.1) is 0 Å². The summed E-state index contributed by atoms with van der Waals surface area (Å²) < 4.78 is 24.1. The van der Waals surface area contributed by atoms with E-state index in [2.05, 4.69) is 9.88 Å². The van der Waals surface area contributed by atoms with Gasteiger partial charge < -0.3 is 19.5 Å². The van der Waals surface area contributed by atoms with E-state index < -0.39 is 5.97 Å². The highest BCUT2D eigenvalue weighted by Gasteiger charge is 2.16. The highest BCUT2D eigenvalue weighted by Crippen LogP contribution is 2.28. The van der Waals surface area contributed by atoms with E-state index in [1.807, 2.05) is 18.2 Å². The van der Waals surface area contributed by atoms with E-state index in [-0.39, 0.29) is 11.5 Å². The molecule has 148 valence electrons. The summed E-state index contributed by atoms with van der Waals surface area (Å²) in [7, 11) is 0. The lowest BCUT2D eigenvalue weighted by Gasteiger charge is -2.29. The second-order valence-corrected chi connectivity index (χ2v) is 6.58. The molecule has 0 aliphatic carbocycles. The fraction of sp³-hybridized carbons (Fsp3) is 0.182. The van der Waals surface area contributed by atoms with Crippen LogP contribution < -0.4 is 9.64 Å². The van der Waals surface area contributed by atoms with Crippen LogP contribution in [0.1, 0.15) is 10.5 Å². The highest BCUT2D eigenvalue weighted by molar-refractivity contribution is 5.88. The van der Waals surface area contributed by atoms with Crippen molar-refractivity contribution >= 4 is 11.7 Å². The molecule has 3 aromatic rings. The molecule has 0 radical (unpaired) electrons. The summed E-state index contributed by atoms with van der Waals surface area (Å²) in [6.07, 6.45) is 0. The Morgan fingerprint density at radius 2 is 1.62 bits per heavy atom. The first-order valence-electron chi connectivity index (χ1n) is 9.20. The Balaban J connectivity index is 1.60. The molecule has 1 aliphatic rings. The molecular formula is C22H19FN2O4. The van der Waals surface area contributed by atoms with E-state index in [0.717, 1.165) is 11.3 Å². The fourth-order valence-corrected chi connectivity index (χ4v) is 3.11. The minimum atomic E-state index is -1.07. The summed E-state index contributed by atoms with van der Waals surface area (Å²) in [5, 5.41) is 9.45. The van der Waals surface area contributed by atoms with Gasteiger partial charge in [0, 0.05) is 24.3 Å². The van der Waals surface area contributed by atoms with Crippen LogP contribution in [0.15, 0.2) is 60.7 Å². The van der Waals surface area contributed by atoms with E-state index in [0.29, 0.717) is 43.5 Å². The quantitative estimate of drug-likeness (QED) is 0.699. The van der Waals surface area contributed by atoms with Crippen molar-refractivity contribution in [3.8, 4) is 22.8 Å². The Hall–Kier alpha value is -3.45. The van der Waals surface area contributed by atoms with E-state index in [9.17, 15) is 14.3 Å². The van der Waals surface area contributed by atoms with Crippen molar-refractivity contribution in [1.29, 1.82) is 0 Å². The average Bonchev–Trinajstić information content (AvgIpc) is 2.76. The normalized spacial score (nSPS) is 13.9. The van der Waals surface area contributed by atoms with Crippen LogP contribution in [0.5, 0.6) is 11.5 Å². The van der Waals surface area contributed by atoms with Gasteiger partial charge in [-0.05, 0) is 60.7 Å². The lowest BCUT2D eigenvalue weighted by atomic mass is 10.1. The van der Waals surface area contributed by atoms with Gasteiger partial charge in [-0.1, -0.05) is 0 Å². The summed E-state index contributed by atoms with van der Waals surface area (Å²) in [5.41, 5.74) is 2.15. The number of halogens is 1. The van der Waals surface area contributed by atoms with Crippen LogP contribution >= 0.6 is 0 Å². The van der Waals surface area contributed by atoms with Gasteiger partial charge in [0.15, 0.2) is 5.69 Å². The monoisotopic (exact) mass is 394 g/mol. The zero-order valence-electron chi connectivity index (χ0n) is 15.5. The minimum absolute atomic E-state index is 0.00405. The number of nitrogens with zero attached hydrogens (tertiary/aromatic N) is 2. The van der Waals surface area contributed by atoms with Crippen LogP contribution in [0.4, 0.5) is 10.1 Å². The Labute approximate surface area is 167 Å². The van der Waals surface area contributed by atoms with Gasteiger partial charge in [0.2, 0.25) is 0 Å². The van der Waals surface area contributed by atoms with Crippen LogP contribution in [0, 0.1) is 5.82 Å². The molecular weight excluding hydrogens is 375 g/mol. The predicted octanol–water partition coefficient (Wildman–Crippen LogP) is 4.21. The van der Waals surface area contributed by atoms with Gasteiger partial charge >= 0.3 is 5.97 Å². The molecule has 0 spiro atoms. The molecule has 1 N–H and O–H groups in total. The molecule has 4 rings (SSSR count). The fourth-order valence-electron chi connectivity index (χ4n) is 3.11. The maximum absolute atomic E-state index is 13.0. The number of hydrogen-bond donors (Lipinski definition) is 1. The van der Waals surface area contributed by atoms with Gasteiger partial charge in [0.25, 0.3) is 0 Å². The zero-order chi connectivity index (χ0) is 20.2. The molecule has 1 aliphatic heterocycles. The first-order valence-corrected chi connectivity index (χ1v) is 9.20. The number of aromatic carboxylic acids is 1. The molecule has 1 fully saturated rings. The topological polar surface area (TPSA) is 71.9 Å². The molecule has 29 heavy (non-hydrogen) atoms. The molecule has 2 aromatic carbocycles. The van der Waals surface area contributed by atoms with Crippen LogP contribution in [0.3, 0.4) is 0 Å². The first-order chi connectivity index (χ1) is 14.1. The lowest BCUT2D eigenvalue weighted by Crippen LogP contribution is -2.36. The Kier molecular flexibility index (Phi) is 5.39. The first kappa shape index (κ1) is 18.9. The highest BCUT2D eigenvalue weighted by atomic mass is 19.1. The van der Waals surface area contributed by atoms with Crippen LogP contribution in [0.25, 0.3) is 11.3 Å². The van der Waals surface area contributed by atoms with Gasteiger partial charge in [-0.3, -0.25) is 0 Å². The molecule has 7 heteroatoms. The number of ether oxygens (including phenoxy) is 2. The van der Waals surface area contributed by atoms with Crippen molar-refractivity contribution in [3.63, 3.8) is 0 Å². The Morgan fingerprint density at radius 1 is 1.00 bits per heavy atom. The maximum Gasteiger partial charge on any atom is 0.354 e. The second kappa shape index (κ2) is 8.28. The van der Waals surface area contributed by atoms with E-state index in [1.165, 1.54) is 12.1 Å². The predicted molar refractivity (Wildman–Crippen MR) is 106 cm³/mol. The molecule has 0 atom stereocenters. The van der Waals surface area contributed by atoms with Crippen molar-refractivity contribution in [3.05, 3.63) is 72.2 Å².